The molecular formula is C10H15N5. The van der Waals surface area contributed by atoms with Crippen molar-refractivity contribution in [3.63, 3.8) is 0 Å². The van der Waals surface area contributed by atoms with E-state index in [2.05, 4.69) is 27.2 Å². The molecule has 0 saturated carbocycles. The Morgan fingerprint density at radius 2 is 2.47 bits per heavy atom. The first-order chi connectivity index (χ1) is 7.27. The molecule has 0 saturated heterocycles. The lowest BCUT2D eigenvalue weighted by Crippen LogP contribution is -2.21. The van der Waals surface area contributed by atoms with Crippen molar-refractivity contribution in [3.8, 4) is 0 Å². The monoisotopic (exact) mass is 205 g/mol. The molecule has 5 nitrogen and oxygen atoms in total. The van der Waals surface area contributed by atoms with Gasteiger partial charge in [0.2, 0.25) is 0 Å². The van der Waals surface area contributed by atoms with Gasteiger partial charge in [-0.2, -0.15) is 0 Å². The number of hydrogen-bond donors (Lipinski definition) is 2. The molecule has 0 aliphatic rings. The summed E-state index contributed by atoms with van der Waals surface area (Å²) >= 11 is 0. The van der Waals surface area contributed by atoms with Crippen LogP contribution in [0.25, 0.3) is 0 Å². The molecule has 2 N–H and O–H groups in total. The second-order valence-corrected chi connectivity index (χ2v) is 3.58. The van der Waals surface area contributed by atoms with Gasteiger partial charge < -0.3 is 14.9 Å². The van der Waals surface area contributed by atoms with Crippen LogP contribution in [0.1, 0.15) is 24.5 Å². The van der Waals surface area contributed by atoms with Crippen molar-refractivity contribution in [2.24, 2.45) is 7.05 Å². The van der Waals surface area contributed by atoms with Crippen LogP contribution in [-0.4, -0.2) is 19.5 Å². The molecular weight excluding hydrogens is 190 g/mol. The van der Waals surface area contributed by atoms with E-state index >= 15 is 0 Å². The van der Waals surface area contributed by atoms with Gasteiger partial charge in [-0.3, -0.25) is 0 Å². The molecule has 2 aromatic rings. The second-order valence-electron chi connectivity index (χ2n) is 3.58. The van der Waals surface area contributed by atoms with Crippen molar-refractivity contribution in [2.75, 3.05) is 0 Å². The SMILES string of the molecule is CC(NCc1cnc[nH]1)c1nccn1C. The maximum atomic E-state index is 4.29. The second kappa shape index (κ2) is 4.27. The molecule has 0 radical (unpaired) electrons. The Hall–Kier alpha value is -1.62. The van der Waals surface area contributed by atoms with E-state index in [1.807, 2.05) is 30.2 Å². The van der Waals surface area contributed by atoms with E-state index in [9.17, 15) is 0 Å². The van der Waals surface area contributed by atoms with Crippen LogP contribution in [0, 0.1) is 0 Å². The molecule has 0 spiro atoms. The highest BCUT2D eigenvalue weighted by atomic mass is 15.1. The van der Waals surface area contributed by atoms with E-state index in [0.717, 1.165) is 18.1 Å². The lowest BCUT2D eigenvalue weighted by atomic mass is 10.3. The molecule has 0 aromatic carbocycles. The molecule has 0 aliphatic heterocycles. The lowest BCUT2D eigenvalue weighted by Gasteiger charge is -2.12. The Bertz CT molecular complexity index is 403. The summed E-state index contributed by atoms with van der Waals surface area (Å²) in [6.07, 6.45) is 7.26. The molecule has 15 heavy (non-hydrogen) atoms. The van der Waals surface area contributed by atoms with Crippen molar-refractivity contribution in [2.45, 2.75) is 19.5 Å². The van der Waals surface area contributed by atoms with Crippen molar-refractivity contribution in [3.05, 3.63) is 36.4 Å². The molecule has 1 unspecified atom stereocenters. The van der Waals surface area contributed by atoms with Crippen LogP contribution in [0.3, 0.4) is 0 Å². The van der Waals surface area contributed by atoms with Crippen LogP contribution in [0.2, 0.25) is 0 Å². The highest BCUT2D eigenvalue weighted by molar-refractivity contribution is 4.99. The third-order valence-electron chi connectivity index (χ3n) is 2.40. The van der Waals surface area contributed by atoms with Gasteiger partial charge in [0, 0.05) is 37.9 Å². The van der Waals surface area contributed by atoms with Gasteiger partial charge in [0.15, 0.2) is 0 Å². The van der Waals surface area contributed by atoms with Gasteiger partial charge in [-0.1, -0.05) is 0 Å². The van der Waals surface area contributed by atoms with Crippen LogP contribution in [0.15, 0.2) is 24.9 Å². The third-order valence-corrected chi connectivity index (χ3v) is 2.40. The molecule has 0 aliphatic carbocycles. The summed E-state index contributed by atoms with van der Waals surface area (Å²) in [5, 5.41) is 3.37. The molecule has 0 fully saturated rings. The summed E-state index contributed by atoms with van der Waals surface area (Å²) in [5.74, 6) is 1.04. The van der Waals surface area contributed by atoms with Crippen molar-refractivity contribution in [1.82, 2.24) is 24.8 Å². The number of imidazole rings is 2. The zero-order valence-corrected chi connectivity index (χ0v) is 8.94. The van der Waals surface area contributed by atoms with E-state index in [-0.39, 0.29) is 6.04 Å². The van der Waals surface area contributed by atoms with Gasteiger partial charge in [0.25, 0.3) is 0 Å². The number of hydrogen-bond acceptors (Lipinski definition) is 3. The minimum absolute atomic E-state index is 0.230. The largest absolute Gasteiger partial charge is 0.347 e. The molecule has 5 heteroatoms. The number of nitrogens with zero attached hydrogens (tertiary/aromatic N) is 3. The summed E-state index contributed by atoms with van der Waals surface area (Å²) in [7, 11) is 2.00. The number of nitrogens with one attached hydrogen (secondary N) is 2. The number of aryl methyl sites for hydroxylation is 1. The van der Waals surface area contributed by atoms with Crippen LogP contribution in [0.4, 0.5) is 0 Å². The molecule has 2 heterocycles. The van der Waals surface area contributed by atoms with Crippen LogP contribution < -0.4 is 5.32 Å². The minimum atomic E-state index is 0.230. The minimum Gasteiger partial charge on any atom is -0.347 e. The van der Waals surface area contributed by atoms with Gasteiger partial charge in [-0.15, -0.1) is 0 Å². The van der Waals surface area contributed by atoms with Gasteiger partial charge in [0.1, 0.15) is 5.82 Å². The average molecular weight is 205 g/mol. The topological polar surface area (TPSA) is 58.5 Å². The Morgan fingerprint density at radius 1 is 1.60 bits per heavy atom. The van der Waals surface area contributed by atoms with Crippen molar-refractivity contribution >= 4 is 0 Å². The summed E-state index contributed by atoms with van der Waals surface area (Å²) < 4.78 is 2.02. The summed E-state index contributed by atoms with van der Waals surface area (Å²) in [4.78, 5) is 11.3. The standard InChI is InChI=1S/C10H15N5/c1-8(10-12-3-4-15(10)2)13-6-9-5-11-7-14-9/h3-5,7-8,13H,6H2,1-2H3,(H,11,14). The van der Waals surface area contributed by atoms with Gasteiger partial charge in [0.05, 0.1) is 12.4 Å². The Labute approximate surface area is 88.6 Å². The first-order valence-electron chi connectivity index (χ1n) is 4.95. The Balaban J connectivity index is 1.93. The normalized spacial score (nSPS) is 12.9. The number of rotatable bonds is 4. The number of aromatic amines is 1. The summed E-state index contributed by atoms with van der Waals surface area (Å²) in [6, 6.07) is 0.230. The number of aromatic nitrogens is 4. The quantitative estimate of drug-likeness (QED) is 0.782. The molecule has 0 bridgehead atoms. The Kier molecular flexibility index (Phi) is 2.82. The first kappa shape index (κ1) is 9.92. The fourth-order valence-corrected chi connectivity index (χ4v) is 1.53. The van der Waals surface area contributed by atoms with Crippen LogP contribution in [0.5, 0.6) is 0 Å². The zero-order chi connectivity index (χ0) is 10.7. The highest BCUT2D eigenvalue weighted by Gasteiger charge is 2.09. The Morgan fingerprint density at radius 3 is 3.07 bits per heavy atom. The average Bonchev–Trinajstić information content (AvgIpc) is 2.84. The molecule has 1 atom stereocenters. The van der Waals surface area contributed by atoms with Gasteiger partial charge in [-0.25, -0.2) is 9.97 Å². The van der Waals surface area contributed by atoms with Crippen molar-refractivity contribution < 1.29 is 0 Å². The maximum absolute atomic E-state index is 4.29. The predicted octanol–water partition coefficient (Wildman–Crippen LogP) is 0.994. The van der Waals surface area contributed by atoms with Crippen molar-refractivity contribution in [1.29, 1.82) is 0 Å². The highest BCUT2D eigenvalue weighted by Crippen LogP contribution is 2.08. The number of H-pyrrole nitrogens is 1. The van der Waals surface area contributed by atoms with Gasteiger partial charge in [-0.05, 0) is 6.92 Å². The summed E-state index contributed by atoms with van der Waals surface area (Å²) in [5.41, 5.74) is 1.08. The predicted molar refractivity (Wildman–Crippen MR) is 57.1 cm³/mol. The van der Waals surface area contributed by atoms with E-state index in [0.29, 0.717) is 0 Å². The smallest absolute Gasteiger partial charge is 0.125 e. The molecule has 2 rings (SSSR count). The van der Waals surface area contributed by atoms with Crippen LogP contribution >= 0.6 is 0 Å². The van der Waals surface area contributed by atoms with E-state index < -0.39 is 0 Å². The lowest BCUT2D eigenvalue weighted by molar-refractivity contribution is 0.526. The van der Waals surface area contributed by atoms with E-state index in [1.165, 1.54) is 0 Å². The zero-order valence-electron chi connectivity index (χ0n) is 8.94. The molecule has 2 aromatic heterocycles. The van der Waals surface area contributed by atoms with Gasteiger partial charge >= 0.3 is 0 Å². The molecule has 0 amide bonds. The fraction of sp³-hybridized carbons (Fsp3) is 0.400. The third kappa shape index (κ3) is 2.24. The fourth-order valence-electron chi connectivity index (χ4n) is 1.53. The first-order valence-corrected chi connectivity index (χ1v) is 4.95. The summed E-state index contributed by atoms with van der Waals surface area (Å²) in [6.45, 7) is 2.87. The van der Waals surface area contributed by atoms with Crippen LogP contribution in [-0.2, 0) is 13.6 Å². The maximum Gasteiger partial charge on any atom is 0.125 e. The van der Waals surface area contributed by atoms with E-state index in [4.69, 9.17) is 0 Å². The molecule has 80 valence electrons. The van der Waals surface area contributed by atoms with E-state index in [1.54, 1.807) is 6.33 Å².